The van der Waals surface area contributed by atoms with Crippen molar-refractivity contribution in [3.63, 3.8) is 0 Å². The number of para-hydroxylation sites is 1. The molecule has 1 saturated heterocycles. The number of nitrogens with zero attached hydrogens (tertiary/aromatic N) is 4. The Kier molecular flexibility index (Phi) is 4.98. The highest BCUT2D eigenvalue weighted by atomic mass is 16.2. The van der Waals surface area contributed by atoms with Gasteiger partial charge in [-0.2, -0.15) is 5.10 Å². The van der Waals surface area contributed by atoms with Crippen molar-refractivity contribution >= 4 is 17.7 Å². The number of benzene rings is 1. The van der Waals surface area contributed by atoms with E-state index >= 15 is 0 Å². The predicted octanol–water partition coefficient (Wildman–Crippen LogP) is 2.01. The first kappa shape index (κ1) is 18.4. The van der Waals surface area contributed by atoms with E-state index in [1.165, 1.54) is 9.80 Å². The van der Waals surface area contributed by atoms with Crippen LogP contribution in [0, 0.1) is 11.8 Å². The third kappa shape index (κ3) is 3.44. The second-order valence-electron chi connectivity index (χ2n) is 7.64. The van der Waals surface area contributed by atoms with Crippen molar-refractivity contribution < 1.29 is 14.4 Å². The molecule has 2 aromatic rings. The van der Waals surface area contributed by atoms with Crippen molar-refractivity contribution in [1.29, 1.82) is 0 Å². The summed E-state index contributed by atoms with van der Waals surface area (Å²) in [6, 6.07) is 9.73. The first-order valence-electron chi connectivity index (χ1n) is 9.73. The molecule has 2 heterocycles. The van der Waals surface area contributed by atoms with E-state index in [1.807, 2.05) is 36.5 Å². The second-order valence-corrected chi connectivity index (χ2v) is 7.64. The molecule has 146 valence electrons. The van der Waals surface area contributed by atoms with Crippen LogP contribution in [-0.4, -0.2) is 50.9 Å². The van der Waals surface area contributed by atoms with Crippen LogP contribution in [0.15, 0.2) is 42.7 Å². The second kappa shape index (κ2) is 7.58. The number of hydrogen-bond donors (Lipinski definition) is 0. The van der Waals surface area contributed by atoms with Crippen LogP contribution in [0.5, 0.6) is 0 Å². The van der Waals surface area contributed by atoms with Gasteiger partial charge in [0, 0.05) is 25.4 Å². The summed E-state index contributed by atoms with van der Waals surface area (Å²) in [7, 11) is 1.68. The Hall–Kier alpha value is -2.96. The van der Waals surface area contributed by atoms with Crippen LogP contribution in [0.25, 0.3) is 5.69 Å². The standard InChI is InChI=1S/C21H24N4O3/c1-23(12-15-11-22-25(13-15)16-7-3-2-4-8-16)19(26)14-24-20(27)17-9-5-6-10-18(17)21(24)28/h2-4,7-8,11,13,17-18H,5-6,9-10,12,14H2,1H3. The Morgan fingerprint density at radius 2 is 1.75 bits per heavy atom. The molecule has 1 aliphatic carbocycles. The molecule has 7 heteroatoms. The molecule has 2 fully saturated rings. The number of likely N-dealkylation sites (N-methyl/N-ethyl adjacent to an activating group) is 1. The lowest BCUT2D eigenvalue weighted by Gasteiger charge is -2.20. The number of imide groups is 1. The number of aromatic nitrogens is 2. The van der Waals surface area contributed by atoms with E-state index in [0.29, 0.717) is 6.54 Å². The first-order chi connectivity index (χ1) is 13.5. The van der Waals surface area contributed by atoms with Crippen molar-refractivity contribution in [2.24, 2.45) is 11.8 Å². The molecular weight excluding hydrogens is 356 g/mol. The van der Waals surface area contributed by atoms with Crippen LogP contribution < -0.4 is 0 Å². The van der Waals surface area contributed by atoms with E-state index in [0.717, 1.165) is 36.9 Å². The van der Waals surface area contributed by atoms with Crippen molar-refractivity contribution in [3.05, 3.63) is 48.3 Å². The average molecular weight is 380 g/mol. The summed E-state index contributed by atoms with van der Waals surface area (Å²) < 4.78 is 1.76. The fraction of sp³-hybridized carbons (Fsp3) is 0.429. The normalized spacial score (nSPS) is 21.7. The summed E-state index contributed by atoms with van der Waals surface area (Å²) >= 11 is 0. The topological polar surface area (TPSA) is 75.5 Å². The molecular formula is C21H24N4O3. The highest BCUT2D eigenvalue weighted by Gasteiger charge is 2.48. The van der Waals surface area contributed by atoms with Crippen LogP contribution in [0.4, 0.5) is 0 Å². The zero-order valence-corrected chi connectivity index (χ0v) is 16.0. The van der Waals surface area contributed by atoms with E-state index in [2.05, 4.69) is 5.10 Å². The number of rotatable bonds is 5. The van der Waals surface area contributed by atoms with E-state index in [-0.39, 0.29) is 36.1 Å². The van der Waals surface area contributed by atoms with Gasteiger partial charge in [0.2, 0.25) is 17.7 Å². The Balaban J connectivity index is 1.38. The molecule has 0 spiro atoms. The maximum absolute atomic E-state index is 12.6. The summed E-state index contributed by atoms with van der Waals surface area (Å²) in [5.74, 6) is -1.03. The van der Waals surface area contributed by atoms with Crippen LogP contribution in [0.2, 0.25) is 0 Å². The maximum atomic E-state index is 12.6. The van der Waals surface area contributed by atoms with Gasteiger partial charge in [0.25, 0.3) is 0 Å². The van der Waals surface area contributed by atoms with Gasteiger partial charge in [0.15, 0.2) is 0 Å². The van der Waals surface area contributed by atoms with Gasteiger partial charge >= 0.3 is 0 Å². The molecule has 1 aromatic heterocycles. The van der Waals surface area contributed by atoms with Crippen molar-refractivity contribution in [2.45, 2.75) is 32.2 Å². The Bertz CT molecular complexity index is 868. The third-order valence-electron chi connectivity index (χ3n) is 5.73. The highest BCUT2D eigenvalue weighted by molar-refractivity contribution is 6.07. The van der Waals surface area contributed by atoms with Crippen LogP contribution in [-0.2, 0) is 20.9 Å². The number of fused-ring (bicyclic) bond motifs is 1. The van der Waals surface area contributed by atoms with Gasteiger partial charge in [-0.1, -0.05) is 31.0 Å². The van der Waals surface area contributed by atoms with Crippen LogP contribution >= 0.6 is 0 Å². The van der Waals surface area contributed by atoms with Gasteiger partial charge in [-0.15, -0.1) is 0 Å². The zero-order chi connectivity index (χ0) is 19.7. The van der Waals surface area contributed by atoms with Gasteiger partial charge in [0.1, 0.15) is 6.54 Å². The number of carbonyl (C=O) groups excluding carboxylic acids is 3. The molecule has 2 unspecified atom stereocenters. The number of hydrogen-bond acceptors (Lipinski definition) is 4. The van der Waals surface area contributed by atoms with Crippen LogP contribution in [0.1, 0.15) is 31.2 Å². The lowest BCUT2D eigenvalue weighted by atomic mass is 9.81. The molecule has 2 aliphatic rings. The monoisotopic (exact) mass is 380 g/mol. The van der Waals surface area contributed by atoms with Gasteiger partial charge in [-0.05, 0) is 25.0 Å². The minimum Gasteiger partial charge on any atom is -0.340 e. The van der Waals surface area contributed by atoms with E-state index in [9.17, 15) is 14.4 Å². The number of likely N-dealkylation sites (tertiary alicyclic amines) is 1. The molecule has 1 aliphatic heterocycles. The fourth-order valence-electron chi connectivity index (χ4n) is 4.17. The molecule has 28 heavy (non-hydrogen) atoms. The minimum atomic E-state index is -0.243. The molecule has 3 amide bonds. The Labute approximate surface area is 163 Å². The van der Waals surface area contributed by atoms with Gasteiger partial charge in [0.05, 0.1) is 23.7 Å². The third-order valence-corrected chi connectivity index (χ3v) is 5.73. The van der Waals surface area contributed by atoms with Gasteiger partial charge in [-0.25, -0.2) is 4.68 Å². The molecule has 1 aromatic carbocycles. The molecule has 0 N–H and O–H groups in total. The van der Waals surface area contributed by atoms with E-state index < -0.39 is 0 Å². The Morgan fingerprint density at radius 1 is 1.11 bits per heavy atom. The number of carbonyl (C=O) groups is 3. The molecule has 0 bridgehead atoms. The predicted molar refractivity (Wildman–Crippen MR) is 102 cm³/mol. The lowest BCUT2D eigenvalue weighted by molar-refractivity contribution is -0.146. The fourth-order valence-corrected chi connectivity index (χ4v) is 4.17. The minimum absolute atomic E-state index is 0.173. The summed E-state index contributed by atoms with van der Waals surface area (Å²) in [6.45, 7) is 0.197. The largest absolute Gasteiger partial charge is 0.340 e. The lowest BCUT2D eigenvalue weighted by Crippen LogP contribution is -2.41. The number of amides is 3. The Morgan fingerprint density at radius 3 is 2.39 bits per heavy atom. The van der Waals surface area contributed by atoms with Crippen molar-refractivity contribution in [1.82, 2.24) is 19.6 Å². The smallest absolute Gasteiger partial charge is 0.242 e. The molecule has 1 saturated carbocycles. The molecule has 0 radical (unpaired) electrons. The first-order valence-corrected chi connectivity index (χ1v) is 9.73. The summed E-state index contributed by atoms with van der Waals surface area (Å²) in [5.41, 5.74) is 1.83. The van der Waals surface area contributed by atoms with Gasteiger partial charge in [-0.3, -0.25) is 19.3 Å². The highest BCUT2D eigenvalue weighted by Crippen LogP contribution is 2.37. The van der Waals surface area contributed by atoms with Gasteiger partial charge < -0.3 is 4.90 Å². The van der Waals surface area contributed by atoms with E-state index in [1.54, 1.807) is 17.9 Å². The van der Waals surface area contributed by atoms with Crippen LogP contribution in [0.3, 0.4) is 0 Å². The molecule has 4 rings (SSSR count). The zero-order valence-electron chi connectivity index (χ0n) is 16.0. The average Bonchev–Trinajstić information content (AvgIpc) is 3.28. The molecule has 2 atom stereocenters. The van der Waals surface area contributed by atoms with Crippen molar-refractivity contribution in [3.8, 4) is 5.69 Å². The molecule has 7 nitrogen and oxygen atoms in total. The summed E-state index contributed by atoms with van der Waals surface area (Å²) in [6.07, 6.45) is 7.07. The maximum Gasteiger partial charge on any atom is 0.242 e. The summed E-state index contributed by atoms with van der Waals surface area (Å²) in [4.78, 5) is 40.4. The quantitative estimate of drug-likeness (QED) is 0.744. The van der Waals surface area contributed by atoms with E-state index in [4.69, 9.17) is 0 Å². The summed E-state index contributed by atoms with van der Waals surface area (Å²) in [5, 5.41) is 4.34. The van der Waals surface area contributed by atoms with Crippen molar-refractivity contribution in [2.75, 3.05) is 13.6 Å². The SMILES string of the molecule is CN(Cc1cnn(-c2ccccc2)c1)C(=O)CN1C(=O)C2CCCCC2C1=O.